The fraction of sp³-hybridized carbons (Fsp3) is 0. The summed E-state index contributed by atoms with van der Waals surface area (Å²) in [7, 11) is 0. The van der Waals surface area contributed by atoms with Crippen molar-refractivity contribution in [2.45, 2.75) is 0 Å². The molecule has 0 heterocycles. The van der Waals surface area contributed by atoms with Crippen LogP contribution in [0.15, 0.2) is 0 Å². The summed E-state index contributed by atoms with van der Waals surface area (Å²) in [5.74, 6) is 0. The molecule has 7 radical (unpaired) electrons. The van der Waals surface area contributed by atoms with E-state index in [1.165, 1.54) is 0 Å². The van der Waals surface area contributed by atoms with E-state index < -0.39 is 0 Å². The third-order valence-electron chi connectivity index (χ3n) is 0. The van der Waals surface area contributed by atoms with Crippen LogP contribution in [0.5, 0.6) is 0 Å². The van der Waals surface area contributed by atoms with Gasteiger partial charge in [-0.1, -0.05) is 0 Å². The second kappa shape index (κ2) is 16.4. The van der Waals surface area contributed by atoms with Gasteiger partial charge in [0.15, 0.2) is 0 Å². The van der Waals surface area contributed by atoms with Gasteiger partial charge in [-0.3, -0.25) is 0 Å². The van der Waals surface area contributed by atoms with Gasteiger partial charge in [0.1, 0.15) is 0 Å². The maximum atomic E-state index is 0. The molecule has 0 unspecified atom stereocenters. The second-order valence-electron chi connectivity index (χ2n) is 0. The van der Waals surface area contributed by atoms with Crippen LogP contribution in [0, 0.1) is 0 Å². The maximum absolute atomic E-state index is 0. The molecule has 0 spiro atoms. The van der Waals surface area contributed by atoms with Crippen LogP contribution < -0.4 is 0 Å². The summed E-state index contributed by atoms with van der Waals surface area (Å²) in [6, 6.07) is 0. The van der Waals surface area contributed by atoms with E-state index in [0.717, 1.165) is 0 Å². The molecular formula is Nb3Pb. The Morgan fingerprint density at radius 1 is 0.500 bits per heavy atom. The minimum absolute atomic E-state index is 0. The molecule has 0 aromatic heterocycles. The third kappa shape index (κ3) is 8.94. The van der Waals surface area contributed by atoms with Gasteiger partial charge in [0, 0.05) is 94.4 Å². The summed E-state index contributed by atoms with van der Waals surface area (Å²) in [4.78, 5) is 0. The fourth-order valence-electron chi connectivity index (χ4n) is 0. The van der Waals surface area contributed by atoms with Crippen LogP contribution in [-0.2, 0) is 67.1 Å². The number of rotatable bonds is 0. The maximum Gasteiger partial charge on any atom is 0 e. The van der Waals surface area contributed by atoms with Crippen LogP contribution in [0.1, 0.15) is 0 Å². The smallest absolute Gasteiger partial charge is 0 e. The van der Waals surface area contributed by atoms with Gasteiger partial charge < -0.3 is 0 Å². The normalized spacial score (nSPS) is 0. The zero-order chi connectivity index (χ0) is 0. The van der Waals surface area contributed by atoms with Crippen LogP contribution in [0.2, 0.25) is 0 Å². The summed E-state index contributed by atoms with van der Waals surface area (Å²) >= 11 is 0. The van der Waals surface area contributed by atoms with Crippen molar-refractivity contribution in [2.75, 3.05) is 0 Å². The summed E-state index contributed by atoms with van der Waals surface area (Å²) in [5.41, 5.74) is 0. The molecule has 0 N–H and O–H groups in total. The van der Waals surface area contributed by atoms with Gasteiger partial charge in [-0.25, -0.2) is 0 Å². The molecule has 0 bridgehead atoms. The molecule has 0 amide bonds. The van der Waals surface area contributed by atoms with E-state index in [4.69, 9.17) is 0 Å². The number of hydrogen-bond acceptors (Lipinski definition) is 0. The van der Waals surface area contributed by atoms with Gasteiger partial charge in [-0.2, -0.15) is 0 Å². The van der Waals surface area contributed by atoms with E-state index in [1.54, 1.807) is 0 Å². The summed E-state index contributed by atoms with van der Waals surface area (Å²) < 4.78 is 0. The Balaban J connectivity index is 0. The molecule has 0 saturated heterocycles. The largest absolute Gasteiger partial charge is 0 e. The van der Waals surface area contributed by atoms with Crippen LogP contribution >= 0.6 is 0 Å². The first-order valence-corrected chi connectivity index (χ1v) is 0. The van der Waals surface area contributed by atoms with Gasteiger partial charge >= 0.3 is 0 Å². The Labute approximate surface area is 92.6 Å². The predicted octanol–water partition coefficient (Wildman–Crippen LogP) is -0.388. The van der Waals surface area contributed by atoms with Crippen LogP contribution in [0.4, 0.5) is 0 Å². The van der Waals surface area contributed by atoms with Gasteiger partial charge in [0.2, 0.25) is 0 Å². The van der Waals surface area contributed by atoms with E-state index >= 15 is 0 Å². The van der Waals surface area contributed by atoms with Gasteiger partial charge in [-0.15, -0.1) is 0 Å². The Kier molecular flexibility index (Phi) is 112. The molecule has 4 heavy (non-hydrogen) atoms. The van der Waals surface area contributed by atoms with Crippen LogP contribution in [0.25, 0.3) is 0 Å². The van der Waals surface area contributed by atoms with Crippen molar-refractivity contribution in [2.24, 2.45) is 0 Å². The Morgan fingerprint density at radius 2 is 0.500 bits per heavy atom. The summed E-state index contributed by atoms with van der Waals surface area (Å²) in [6.07, 6.45) is 0. The van der Waals surface area contributed by atoms with E-state index in [-0.39, 0.29) is 94.4 Å². The average Bonchev–Trinajstić information content (AvgIpc) is 0. The summed E-state index contributed by atoms with van der Waals surface area (Å²) in [6.45, 7) is 0. The van der Waals surface area contributed by atoms with Crippen molar-refractivity contribution >= 4 is 27.3 Å². The van der Waals surface area contributed by atoms with Crippen LogP contribution in [0.3, 0.4) is 0 Å². The quantitative estimate of drug-likeness (QED) is 0.410. The van der Waals surface area contributed by atoms with Crippen LogP contribution in [-0.4, -0.2) is 27.3 Å². The number of hydrogen-bond donors (Lipinski definition) is 0. The zero-order valence-electron chi connectivity index (χ0n) is 1.84. The van der Waals surface area contributed by atoms with E-state index in [0.29, 0.717) is 0 Å². The summed E-state index contributed by atoms with van der Waals surface area (Å²) in [5, 5.41) is 0. The molecule has 19 valence electrons. The third-order valence-corrected chi connectivity index (χ3v) is 0. The van der Waals surface area contributed by atoms with E-state index in [9.17, 15) is 0 Å². The second-order valence-corrected chi connectivity index (χ2v) is 0. The average molecular weight is 486 g/mol. The first kappa shape index (κ1) is 27.3. The van der Waals surface area contributed by atoms with Crippen molar-refractivity contribution in [1.82, 2.24) is 0 Å². The Hall–Kier alpha value is 3.14. The van der Waals surface area contributed by atoms with Gasteiger partial charge in [0.25, 0.3) is 0 Å². The molecule has 0 atom stereocenters. The van der Waals surface area contributed by atoms with E-state index in [2.05, 4.69) is 0 Å². The molecule has 0 aromatic rings. The molecule has 0 saturated carbocycles. The van der Waals surface area contributed by atoms with Gasteiger partial charge in [0.05, 0.1) is 0 Å². The molecular weight excluding hydrogens is 486 g/mol. The SMILES string of the molecule is [Nb].[Nb].[Nb].[Pb]. The minimum Gasteiger partial charge on any atom is 0 e. The Morgan fingerprint density at radius 3 is 0.500 bits per heavy atom. The fourth-order valence-corrected chi connectivity index (χ4v) is 0. The van der Waals surface area contributed by atoms with E-state index in [1.807, 2.05) is 0 Å². The molecule has 0 fully saturated rings. The standard InChI is InChI=1S/3Nb.Pb. The first-order chi connectivity index (χ1) is 0. The van der Waals surface area contributed by atoms with Crippen molar-refractivity contribution in [1.29, 1.82) is 0 Å². The Bertz CT molecular complexity index is 3.25. The first-order valence-electron chi connectivity index (χ1n) is 0. The molecule has 0 aliphatic rings. The molecule has 0 aliphatic heterocycles. The van der Waals surface area contributed by atoms with Gasteiger partial charge in [-0.05, 0) is 0 Å². The predicted molar refractivity (Wildman–Crippen MR) is 5.75 cm³/mol. The van der Waals surface area contributed by atoms with Crippen molar-refractivity contribution < 1.29 is 67.1 Å². The van der Waals surface area contributed by atoms with Crippen molar-refractivity contribution in [3.63, 3.8) is 0 Å². The molecule has 0 aromatic carbocycles. The molecule has 0 rings (SSSR count). The monoisotopic (exact) mass is 487 g/mol. The molecule has 4 heteroatoms. The zero-order valence-corrected chi connectivity index (χ0v) is 12.3. The van der Waals surface area contributed by atoms with Crippen molar-refractivity contribution in [3.05, 3.63) is 0 Å². The molecule has 0 aliphatic carbocycles. The van der Waals surface area contributed by atoms with Crippen molar-refractivity contribution in [3.8, 4) is 0 Å². The minimum atomic E-state index is 0. The topological polar surface area (TPSA) is 0 Å². The molecule has 0 nitrogen and oxygen atoms in total.